The van der Waals surface area contributed by atoms with E-state index in [1.165, 1.54) is 12.1 Å². The largest absolute Gasteiger partial charge is 0.397 e. The molecule has 1 fully saturated rings. The molecule has 7 heteroatoms. The van der Waals surface area contributed by atoms with Gasteiger partial charge in [-0.1, -0.05) is 12.1 Å². The molecule has 0 radical (unpaired) electrons. The second-order valence-corrected chi connectivity index (χ2v) is 5.51. The molecule has 2 aromatic rings. The molecule has 24 heavy (non-hydrogen) atoms. The Morgan fingerprint density at radius 2 is 2.04 bits per heavy atom. The summed E-state index contributed by atoms with van der Waals surface area (Å²) in [4.78, 5) is 18.3. The highest BCUT2D eigenvalue weighted by atomic mass is 35.5. The van der Waals surface area contributed by atoms with Crippen molar-refractivity contribution in [2.75, 3.05) is 25.4 Å². The highest BCUT2D eigenvalue weighted by Crippen LogP contribution is 2.23. The van der Waals surface area contributed by atoms with E-state index in [1.54, 1.807) is 35.4 Å². The molecule has 128 valence electrons. The van der Waals surface area contributed by atoms with Crippen LogP contribution in [-0.4, -0.2) is 35.5 Å². The number of ether oxygens (including phenoxy) is 1. The zero-order chi connectivity index (χ0) is 16.2. The van der Waals surface area contributed by atoms with Crippen LogP contribution in [0.25, 0.3) is 0 Å². The maximum Gasteiger partial charge on any atom is 0.228 e. The van der Waals surface area contributed by atoms with Crippen molar-refractivity contribution in [2.24, 2.45) is 0 Å². The van der Waals surface area contributed by atoms with Crippen LogP contribution in [0.1, 0.15) is 17.4 Å². The number of amides is 1. The molecule has 1 amide bonds. The molecule has 1 aliphatic rings. The van der Waals surface area contributed by atoms with Crippen molar-refractivity contribution >= 4 is 24.0 Å². The molecular weight excluding hydrogens is 333 g/mol. The highest BCUT2D eigenvalue weighted by molar-refractivity contribution is 5.85. The number of hydrogen-bond acceptors (Lipinski definition) is 4. The zero-order valence-electron chi connectivity index (χ0n) is 13.0. The Kier molecular flexibility index (Phi) is 6.11. The van der Waals surface area contributed by atoms with Gasteiger partial charge in [0.05, 0.1) is 31.5 Å². The van der Waals surface area contributed by atoms with Crippen LogP contribution >= 0.6 is 12.4 Å². The van der Waals surface area contributed by atoms with Gasteiger partial charge in [-0.15, -0.1) is 12.4 Å². The van der Waals surface area contributed by atoms with Gasteiger partial charge in [-0.3, -0.25) is 9.78 Å². The van der Waals surface area contributed by atoms with Crippen LogP contribution in [-0.2, 0) is 16.0 Å². The second kappa shape index (κ2) is 8.08. The summed E-state index contributed by atoms with van der Waals surface area (Å²) in [5.74, 6) is -0.287. The Hall–Kier alpha value is -2.18. The van der Waals surface area contributed by atoms with Gasteiger partial charge in [-0.2, -0.15) is 0 Å². The molecule has 2 heterocycles. The molecular formula is C17H19ClFN3O2. The van der Waals surface area contributed by atoms with E-state index in [2.05, 4.69) is 4.98 Å². The van der Waals surface area contributed by atoms with Crippen LogP contribution in [0.3, 0.4) is 0 Å². The van der Waals surface area contributed by atoms with Crippen LogP contribution in [0.2, 0.25) is 0 Å². The Morgan fingerprint density at radius 3 is 2.71 bits per heavy atom. The first kappa shape index (κ1) is 18.2. The number of benzene rings is 1. The topological polar surface area (TPSA) is 68.5 Å². The predicted molar refractivity (Wildman–Crippen MR) is 91.3 cm³/mol. The fourth-order valence-corrected chi connectivity index (χ4v) is 2.56. The van der Waals surface area contributed by atoms with Crippen molar-refractivity contribution in [3.63, 3.8) is 0 Å². The smallest absolute Gasteiger partial charge is 0.228 e. The fraction of sp³-hybridized carbons (Fsp3) is 0.294. The van der Waals surface area contributed by atoms with Crippen LogP contribution < -0.4 is 5.73 Å². The number of nitrogens with two attached hydrogens (primary N) is 1. The van der Waals surface area contributed by atoms with Gasteiger partial charge in [0.25, 0.3) is 0 Å². The number of aromatic nitrogens is 1. The number of hydrogen-bond donors (Lipinski definition) is 1. The lowest BCUT2D eigenvalue weighted by Gasteiger charge is -2.33. The van der Waals surface area contributed by atoms with Gasteiger partial charge in [0.1, 0.15) is 11.9 Å². The molecule has 1 aromatic carbocycles. The summed E-state index contributed by atoms with van der Waals surface area (Å²) >= 11 is 0. The molecule has 2 N–H and O–H groups in total. The van der Waals surface area contributed by atoms with E-state index in [0.29, 0.717) is 31.1 Å². The summed E-state index contributed by atoms with van der Waals surface area (Å²) in [6.45, 7) is 1.47. The summed E-state index contributed by atoms with van der Waals surface area (Å²) in [6.07, 6.45) is 1.55. The molecule has 0 saturated carbocycles. The Bertz CT molecular complexity index is 679. The molecule has 0 bridgehead atoms. The lowest BCUT2D eigenvalue weighted by Crippen LogP contribution is -2.43. The lowest BCUT2D eigenvalue weighted by molar-refractivity contribution is -0.138. The summed E-state index contributed by atoms with van der Waals surface area (Å²) in [7, 11) is 0. The number of nitrogens with zero attached hydrogens (tertiary/aromatic N) is 2. The van der Waals surface area contributed by atoms with E-state index in [9.17, 15) is 9.18 Å². The van der Waals surface area contributed by atoms with Gasteiger partial charge < -0.3 is 15.4 Å². The molecule has 0 aliphatic carbocycles. The SMILES string of the molecule is Cl.Nc1ccc(CC(=O)N2CCOC(c3ccc(F)cc3)C2)nc1. The first-order valence-electron chi connectivity index (χ1n) is 7.47. The first-order chi connectivity index (χ1) is 11.1. The number of halogens is 2. The van der Waals surface area contributed by atoms with E-state index in [4.69, 9.17) is 10.5 Å². The standard InChI is InChI=1S/C17H18FN3O2.ClH/c18-13-3-1-12(2-4-13)16-11-21(7-8-23-16)17(22)9-15-6-5-14(19)10-20-15;/h1-6,10,16H,7-9,11,19H2;1H. The van der Waals surface area contributed by atoms with Gasteiger partial charge >= 0.3 is 0 Å². The minimum Gasteiger partial charge on any atom is -0.397 e. The second-order valence-electron chi connectivity index (χ2n) is 5.51. The number of morpholine rings is 1. The quantitative estimate of drug-likeness (QED) is 0.921. The molecule has 0 spiro atoms. The molecule has 1 aliphatic heterocycles. The minimum atomic E-state index is -0.285. The van der Waals surface area contributed by atoms with Crippen LogP contribution in [0.4, 0.5) is 10.1 Å². The van der Waals surface area contributed by atoms with Gasteiger partial charge in [0, 0.05) is 12.2 Å². The molecule has 3 rings (SSSR count). The molecule has 1 aromatic heterocycles. The molecule has 1 saturated heterocycles. The number of carbonyl (C=O) groups excluding carboxylic acids is 1. The zero-order valence-corrected chi connectivity index (χ0v) is 13.8. The van der Waals surface area contributed by atoms with Crippen molar-refractivity contribution in [2.45, 2.75) is 12.5 Å². The van der Waals surface area contributed by atoms with Crippen molar-refractivity contribution in [3.8, 4) is 0 Å². The van der Waals surface area contributed by atoms with E-state index in [0.717, 1.165) is 5.56 Å². The highest BCUT2D eigenvalue weighted by Gasteiger charge is 2.25. The Morgan fingerprint density at radius 1 is 1.29 bits per heavy atom. The predicted octanol–water partition coefficient (Wildman–Crippen LogP) is 2.37. The molecule has 5 nitrogen and oxygen atoms in total. The number of carbonyl (C=O) groups is 1. The first-order valence-corrected chi connectivity index (χ1v) is 7.47. The van der Waals surface area contributed by atoms with E-state index in [-0.39, 0.29) is 36.7 Å². The van der Waals surface area contributed by atoms with Gasteiger partial charge in [-0.05, 0) is 29.8 Å². The van der Waals surface area contributed by atoms with Crippen molar-refractivity contribution in [1.82, 2.24) is 9.88 Å². The number of pyridine rings is 1. The summed E-state index contributed by atoms with van der Waals surface area (Å²) < 4.78 is 18.7. The summed E-state index contributed by atoms with van der Waals surface area (Å²) in [6, 6.07) is 9.67. The normalized spacial score (nSPS) is 17.2. The fourth-order valence-electron chi connectivity index (χ4n) is 2.56. The third-order valence-corrected chi connectivity index (χ3v) is 3.84. The van der Waals surface area contributed by atoms with E-state index in [1.807, 2.05) is 0 Å². The average molecular weight is 352 g/mol. The van der Waals surface area contributed by atoms with Crippen molar-refractivity contribution in [1.29, 1.82) is 0 Å². The third-order valence-electron chi connectivity index (χ3n) is 3.84. The third kappa shape index (κ3) is 4.43. The van der Waals surface area contributed by atoms with Gasteiger partial charge in [0.15, 0.2) is 0 Å². The van der Waals surface area contributed by atoms with Crippen LogP contribution in [0, 0.1) is 5.82 Å². The summed E-state index contributed by atoms with van der Waals surface area (Å²) in [5, 5.41) is 0. The monoisotopic (exact) mass is 351 g/mol. The van der Waals surface area contributed by atoms with E-state index < -0.39 is 0 Å². The van der Waals surface area contributed by atoms with E-state index >= 15 is 0 Å². The number of nitrogen functional groups attached to an aromatic ring is 1. The van der Waals surface area contributed by atoms with Crippen LogP contribution in [0.5, 0.6) is 0 Å². The van der Waals surface area contributed by atoms with Crippen LogP contribution in [0.15, 0.2) is 42.6 Å². The maximum atomic E-state index is 13.0. The molecule has 1 atom stereocenters. The van der Waals surface area contributed by atoms with Gasteiger partial charge in [-0.25, -0.2) is 4.39 Å². The minimum absolute atomic E-state index is 0. The lowest BCUT2D eigenvalue weighted by atomic mass is 10.1. The van der Waals surface area contributed by atoms with Gasteiger partial charge in [0.2, 0.25) is 5.91 Å². The Balaban J connectivity index is 0.00000208. The summed E-state index contributed by atoms with van der Waals surface area (Å²) in [5.41, 5.74) is 7.72. The van der Waals surface area contributed by atoms with Crippen molar-refractivity contribution < 1.29 is 13.9 Å². The molecule has 1 unspecified atom stereocenters. The average Bonchev–Trinajstić information content (AvgIpc) is 2.58. The van der Waals surface area contributed by atoms with Crippen molar-refractivity contribution in [3.05, 3.63) is 59.7 Å². The maximum absolute atomic E-state index is 13.0. The Labute approximate surface area is 146 Å². The number of rotatable bonds is 3. The number of anilines is 1.